The van der Waals surface area contributed by atoms with Gasteiger partial charge in [-0.3, -0.25) is 0 Å². The van der Waals surface area contributed by atoms with E-state index in [9.17, 15) is 4.79 Å². The molecular formula is C16H15ClN2O3. The molecule has 2 aromatic rings. The van der Waals surface area contributed by atoms with Crippen LogP contribution in [0.15, 0.2) is 42.5 Å². The Morgan fingerprint density at radius 1 is 1.27 bits per heavy atom. The number of hydrogen-bond donors (Lipinski definition) is 1. The number of ether oxygens (including phenoxy) is 1. The third kappa shape index (κ3) is 3.21. The van der Waals surface area contributed by atoms with E-state index in [0.717, 1.165) is 5.56 Å². The van der Waals surface area contributed by atoms with Gasteiger partial charge in [0.2, 0.25) is 0 Å². The Bertz CT molecular complexity index is 675. The average molecular weight is 319 g/mol. The Balaban J connectivity index is 1.79. The van der Waals surface area contributed by atoms with Crippen molar-refractivity contribution >= 4 is 23.4 Å². The molecule has 0 unspecified atom stereocenters. The number of pyridine rings is 1. The van der Waals surface area contributed by atoms with Gasteiger partial charge in [-0.05, 0) is 29.8 Å². The molecule has 1 atom stereocenters. The van der Waals surface area contributed by atoms with Gasteiger partial charge in [0.05, 0.1) is 6.61 Å². The highest BCUT2D eigenvalue weighted by atomic mass is 35.5. The smallest absolute Gasteiger partial charge is 0.354 e. The standard InChI is InChI=1S/C16H15ClN2O3/c17-12-6-4-11(5-7-12)14-10-19(8-9-22-14)15-3-1-2-13(18-15)16(20)21/h1-7,14H,8-10H2,(H,20,21)/t14-/m1/s1. The number of anilines is 1. The number of rotatable bonds is 3. The van der Waals surface area contributed by atoms with Crippen molar-refractivity contribution in [3.8, 4) is 0 Å². The Hall–Kier alpha value is -2.11. The van der Waals surface area contributed by atoms with Crippen LogP contribution in [-0.2, 0) is 4.74 Å². The molecule has 114 valence electrons. The average Bonchev–Trinajstić information content (AvgIpc) is 2.56. The molecule has 3 rings (SSSR count). The van der Waals surface area contributed by atoms with E-state index in [4.69, 9.17) is 21.4 Å². The first-order valence-electron chi connectivity index (χ1n) is 6.96. The number of aromatic nitrogens is 1. The summed E-state index contributed by atoms with van der Waals surface area (Å²) in [6.45, 7) is 1.87. The quantitative estimate of drug-likeness (QED) is 0.942. The third-order valence-corrected chi connectivity index (χ3v) is 3.84. The maximum Gasteiger partial charge on any atom is 0.354 e. The van der Waals surface area contributed by atoms with Crippen molar-refractivity contribution in [2.45, 2.75) is 6.10 Å². The van der Waals surface area contributed by atoms with Gasteiger partial charge in [0, 0.05) is 18.1 Å². The van der Waals surface area contributed by atoms with Crippen LogP contribution in [0.5, 0.6) is 0 Å². The van der Waals surface area contributed by atoms with Crippen molar-refractivity contribution in [2.24, 2.45) is 0 Å². The van der Waals surface area contributed by atoms with Gasteiger partial charge in [-0.1, -0.05) is 29.8 Å². The van der Waals surface area contributed by atoms with Crippen LogP contribution in [0, 0.1) is 0 Å². The van der Waals surface area contributed by atoms with Crippen molar-refractivity contribution in [3.05, 3.63) is 58.7 Å². The molecule has 5 nitrogen and oxygen atoms in total. The van der Waals surface area contributed by atoms with Crippen LogP contribution in [0.4, 0.5) is 5.82 Å². The second-order valence-electron chi connectivity index (χ2n) is 5.04. The minimum atomic E-state index is -1.02. The molecule has 2 heterocycles. The van der Waals surface area contributed by atoms with Crippen molar-refractivity contribution < 1.29 is 14.6 Å². The number of nitrogens with zero attached hydrogens (tertiary/aromatic N) is 2. The number of aromatic carboxylic acids is 1. The van der Waals surface area contributed by atoms with E-state index >= 15 is 0 Å². The first-order valence-corrected chi connectivity index (χ1v) is 7.33. The Morgan fingerprint density at radius 3 is 2.77 bits per heavy atom. The highest BCUT2D eigenvalue weighted by Gasteiger charge is 2.23. The molecule has 1 aliphatic heterocycles. The fourth-order valence-electron chi connectivity index (χ4n) is 2.45. The van der Waals surface area contributed by atoms with Gasteiger partial charge in [0.25, 0.3) is 0 Å². The third-order valence-electron chi connectivity index (χ3n) is 3.59. The first-order chi connectivity index (χ1) is 10.6. The van der Waals surface area contributed by atoms with Crippen LogP contribution < -0.4 is 4.90 Å². The summed E-state index contributed by atoms with van der Waals surface area (Å²) in [5.41, 5.74) is 1.09. The molecule has 1 N–H and O–H groups in total. The monoisotopic (exact) mass is 318 g/mol. The van der Waals surface area contributed by atoms with Gasteiger partial charge in [0.15, 0.2) is 5.69 Å². The molecule has 1 aromatic carbocycles. The summed E-state index contributed by atoms with van der Waals surface area (Å²) in [6, 6.07) is 12.6. The molecule has 0 spiro atoms. The summed E-state index contributed by atoms with van der Waals surface area (Å²) in [5.74, 6) is -0.369. The number of carbonyl (C=O) groups is 1. The van der Waals surface area contributed by atoms with Crippen molar-refractivity contribution in [1.29, 1.82) is 0 Å². The largest absolute Gasteiger partial charge is 0.477 e. The topological polar surface area (TPSA) is 62.7 Å². The molecule has 1 aliphatic rings. The van der Waals surface area contributed by atoms with Gasteiger partial charge in [-0.25, -0.2) is 9.78 Å². The number of carboxylic acids is 1. The number of hydrogen-bond acceptors (Lipinski definition) is 4. The summed E-state index contributed by atoms with van der Waals surface area (Å²) >= 11 is 5.91. The highest BCUT2D eigenvalue weighted by molar-refractivity contribution is 6.30. The molecule has 1 aromatic heterocycles. The fraction of sp³-hybridized carbons (Fsp3) is 0.250. The predicted molar refractivity (Wildman–Crippen MR) is 83.6 cm³/mol. The Labute approximate surface area is 133 Å². The molecule has 0 saturated carbocycles. The van der Waals surface area contributed by atoms with Crippen molar-refractivity contribution in [1.82, 2.24) is 4.98 Å². The van der Waals surface area contributed by atoms with Crippen LogP contribution in [-0.4, -0.2) is 35.8 Å². The van der Waals surface area contributed by atoms with Crippen molar-refractivity contribution in [2.75, 3.05) is 24.6 Å². The number of carboxylic acid groups (broad SMARTS) is 1. The molecule has 0 radical (unpaired) electrons. The van der Waals surface area contributed by atoms with Gasteiger partial charge < -0.3 is 14.7 Å². The van der Waals surface area contributed by atoms with Gasteiger partial charge in [-0.2, -0.15) is 0 Å². The molecule has 6 heteroatoms. The SMILES string of the molecule is O=C(O)c1cccc(N2CCO[C@@H](c3ccc(Cl)cc3)C2)n1. The number of benzene rings is 1. The lowest BCUT2D eigenvalue weighted by molar-refractivity contribution is 0.0395. The molecule has 0 amide bonds. The Kier molecular flexibility index (Phi) is 4.27. The summed E-state index contributed by atoms with van der Waals surface area (Å²) in [5, 5.41) is 9.73. The van der Waals surface area contributed by atoms with E-state index < -0.39 is 5.97 Å². The Morgan fingerprint density at radius 2 is 2.05 bits per heavy atom. The molecule has 22 heavy (non-hydrogen) atoms. The zero-order chi connectivity index (χ0) is 15.5. The second-order valence-corrected chi connectivity index (χ2v) is 5.48. The zero-order valence-corrected chi connectivity index (χ0v) is 12.5. The second kappa shape index (κ2) is 6.34. The van der Waals surface area contributed by atoms with E-state index in [1.54, 1.807) is 6.07 Å². The van der Waals surface area contributed by atoms with Crippen LogP contribution in [0.25, 0.3) is 0 Å². The summed E-state index contributed by atoms with van der Waals surface area (Å²) in [7, 11) is 0. The van der Waals surface area contributed by atoms with Gasteiger partial charge in [-0.15, -0.1) is 0 Å². The minimum absolute atomic E-state index is 0.0482. The summed E-state index contributed by atoms with van der Waals surface area (Å²) in [6.07, 6.45) is -0.0821. The van der Waals surface area contributed by atoms with Gasteiger partial charge >= 0.3 is 5.97 Å². The minimum Gasteiger partial charge on any atom is -0.477 e. The van der Waals surface area contributed by atoms with Crippen LogP contribution >= 0.6 is 11.6 Å². The summed E-state index contributed by atoms with van der Waals surface area (Å²) in [4.78, 5) is 17.3. The lowest BCUT2D eigenvalue weighted by Gasteiger charge is -2.34. The summed E-state index contributed by atoms with van der Waals surface area (Å²) < 4.78 is 5.80. The molecule has 1 fully saturated rings. The molecule has 0 bridgehead atoms. The van der Waals surface area contributed by atoms with Crippen molar-refractivity contribution in [3.63, 3.8) is 0 Å². The maximum atomic E-state index is 11.0. The lowest BCUT2D eigenvalue weighted by atomic mass is 10.1. The van der Waals surface area contributed by atoms with Crippen LogP contribution in [0.3, 0.4) is 0 Å². The van der Waals surface area contributed by atoms with E-state index in [2.05, 4.69) is 4.98 Å². The predicted octanol–water partition coefficient (Wildman–Crippen LogP) is 3.01. The van der Waals surface area contributed by atoms with E-state index in [1.807, 2.05) is 35.2 Å². The highest BCUT2D eigenvalue weighted by Crippen LogP contribution is 2.26. The van der Waals surface area contributed by atoms with E-state index in [1.165, 1.54) is 6.07 Å². The maximum absolute atomic E-state index is 11.0. The molecule has 1 saturated heterocycles. The van der Waals surface area contributed by atoms with E-state index in [0.29, 0.717) is 30.5 Å². The lowest BCUT2D eigenvalue weighted by Crippen LogP contribution is -2.39. The van der Waals surface area contributed by atoms with Gasteiger partial charge in [0.1, 0.15) is 11.9 Å². The fourth-order valence-corrected chi connectivity index (χ4v) is 2.58. The molecular weight excluding hydrogens is 304 g/mol. The van der Waals surface area contributed by atoms with E-state index in [-0.39, 0.29) is 11.8 Å². The molecule has 0 aliphatic carbocycles. The zero-order valence-electron chi connectivity index (χ0n) is 11.8. The first kappa shape index (κ1) is 14.8. The van der Waals surface area contributed by atoms with Crippen LogP contribution in [0.2, 0.25) is 5.02 Å². The van der Waals surface area contributed by atoms with Crippen LogP contribution in [0.1, 0.15) is 22.2 Å². The number of morpholine rings is 1. The number of halogens is 1. The normalized spacial score (nSPS) is 18.2.